The molecular weight excluding hydrogens is 162 g/mol. The van der Waals surface area contributed by atoms with Gasteiger partial charge in [-0.1, -0.05) is 0 Å². The predicted octanol–water partition coefficient (Wildman–Crippen LogP) is -0.406. The number of nitrogens with two attached hydrogens (primary N) is 2. The highest BCUT2D eigenvalue weighted by Crippen LogP contribution is 2.17. The molecule has 0 saturated carbocycles. The Labute approximate surface area is 68.9 Å². The lowest BCUT2D eigenvalue weighted by molar-refractivity contribution is 0.281. The highest BCUT2D eigenvalue weighted by Gasteiger charge is 2.07. The van der Waals surface area contributed by atoms with E-state index in [1.165, 1.54) is 11.3 Å². The fourth-order valence-corrected chi connectivity index (χ4v) is 1.48. The molecule has 0 fully saturated rings. The molecule has 0 unspecified atom stereocenters. The lowest BCUT2D eigenvalue weighted by Crippen LogP contribution is -2.19. The first kappa shape index (κ1) is 8.61. The van der Waals surface area contributed by atoms with Gasteiger partial charge in [0.2, 0.25) is 0 Å². The van der Waals surface area contributed by atoms with Gasteiger partial charge in [-0.3, -0.25) is 0 Å². The lowest BCUT2D eigenvalue weighted by atomic mass is 10.3. The molecule has 62 valence electrons. The van der Waals surface area contributed by atoms with Crippen LogP contribution in [0.2, 0.25) is 0 Å². The van der Waals surface area contributed by atoms with Crippen LogP contribution >= 0.6 is 11.3 Å². The summed E-state index contributed by atoms with van der Waals surface area (Å²) >= 11 is 1.40. The standard InChI is InChI=1S/C6H11N3OS/c7-1-4(8)5-2-9-6(3-10)11-5/h2,4,10H,1,3,7-8H2/t4-/m0/s1. The molecule has 5 N–H and O–H groups in total. The Morgan fingerprint density at radius 1 is 1.73 bits per heavy atom. The molecule has 0 bridgehead atoms. The van der Waals surface area contributed by atoms with Gasteiger partial charge < -0.3 is 16.6 Å². The van der Waals surface area contributed by atoms with Crippen molar-refractivity contribution in [3.05, 3.63) is 16.1 Å². The fourth-order valence-electron chi connectivity index (χ4n) is 0.685. The molecule has 0 radical (unpaired) electrons. The maximum atomic E-state index is 8.68. The van der Waals surface area contributed by atoms with E-state index in [9.17, 15) is 0 Å². The summed E-state index contributed by atoms with van der Waals surface area (Å²) in [6.07, 6.45) is 1.66. The summed E-state index contributed by atoms with van der Waals surface area (Å²) in [5.41, 5.74) is 11.0. The van der Waals surface area contributed by atoms with Crippen LogP contribution in [-0.2, 0) is 6.61 Å². The maximum Gasteiger partial charge on any atom is 0.118 e. The van der Waals surface area contributed by atoms with Crippen LogP contribution < -0.4 is 11.5 Å². The van der Waals surface area contributed by atoms with Crippen molar-refractivity contribution in [3.8, 4) is 0 Å². The Hall–Kier alpha value is -0.490. The lowest BCUT2D eigenvalue weighted by Gasteiger charge is -2.02. The van der Waals surface area contributed by atoms with E-state index in [1.54, 1.807) is 6.20 Å². The molecule has 0 spiro atoms. The van der Waals surface area contributed by atoms with E-state index in [4.69, 9.17) is 16.6 Å². The number of rotatable bonds is 3. The highest BCUT2D eigenvalue weighted by atomic mass is 32.1. The average molecular weight is 173 g/mol. The van der Waals surface area contributed by atoms with Gasteiger partial charge in [0.25, 0.3) is 0 Å². The Kier molecular flexibility index (Phi) is 2.95. The topological polar surface area (TPSA) is 85.2 Å². The summed E-state index contributed by atoms with van der Waals surface area (Å²) in [7, 11) is 0. The van der Waals surface area contributed by atoms with Crippen LogP contribution in [-0.4, -0.2) is 16.6 Å². The van der Waals surface area contributed by atoms with Gasteiger partial charge in [0.05, 0.1) is 12.6 Å². The molecule has 5 heteroatoms. The summed E-state index contributed by atoms with van der Waals surface area (Å²) in [6.45, 7) is 0.384. The quantitative estimate of drug-likeness (QED) is 0.580. The number of aliphatic hydroxyl groups excluding tert-OH is 1. The zero-order chi connectivity index (χ0) is 8.27. The van der Waals surface area contributed by atoms with Gasteiger partial charge in [-0.15, -0.1) is 11.3 Å². The molecule has 0 aromatic carbocycles. The molecule has 11 heavy (non-hydrogen) atoms. The zero-order valence-corrected chi connectivity index (χ0v) is 6.84. The van der Waals surface area contributed by atoms with Gasteiger partial charge >= 0.3 is 0 Å². The molecule has 0 aliphatic heterocycles. The monoisotopic (exact) mass is 173 g/mol. The molecule has 0 amide bonds. The van der Waals surface area contributed by atoms with Crippen LogP contribution in [0, 0.1) is 0 Å². The van der Waals surface area contributed by atoms with Crippen molar-refractivity contribution in [1.29, 1.82) is 0 Å². The van der Waals surface area contributed by atoms with Crippen LogP contribution in [0.15, 0.2) is 6.20 Å². The molecule has 1 aromatic rings. The highest BCUT2D eigenvalue weighted by molar-refractivity contribution is 7.11. The van der Waals surface area contributed by atoms with Crippen LogP contribution in [0.4, 0.5) is 0 Å². The molecule has 1 aromatic heterocycles. The first-order valence-electron chi connectivity index (χ1n) is 3.29. The number of hydrogen-bond acceptors (Lipinski definition) is 5. The molecule has 0 aliphatic carbocycles. The Morgan fingerprint density at radius 3 is 2.91 bits per heavy atom. The molecule has 0 aliphatic rings. The minimum absolute atomic E-state index is 0.0258. The van der Waals surface area contributed by atoms with Crippen molar-refractivity contribution in [2.45, 2.75) is 12.6 Å². The first-order valence-corrected chi connectivity index (χ1v) is 4.10. The number of thiazole rings is 1. The van der Waals surface area contributed by atoms with E-state index in [0.717, 1.165) is 4.88 Å². The molecule has 4 nitrogen and oxygen atoms in total. The maximum absolute atomic E-state index is 8.68. The minimum Gasteiger partial charge on any atom is -0.389 e. The van der Waals surface area contributed by atoms with Crippen LogP contribution in [0.5, 0.6) is 0 Å². The zero-order valence-electron chi connectivity index (χ0n) is 6.03. The van der Waals surface area contributed by atoms with Crippen molar-refractivity contribution in [2.75, 3.05) is 6.54 Å². The molecular formula is C6H11N3OS. The van der Waals surface area contributed by atoms with E-state index in [-0.39, 0.29) is 12.6 Å². The van der Waals surface area contributed by atoms with Crippen molar-refractivity contribution in [3.63, 3.8) is 0 Å². The predicted molar refractivity (Wildman–Crippen MR) is 44.0 cm³/mol. The van der Waals surface area contributed by atoms with E-state index in [2.05, 4.69) is 4.98 Å². The minimum atomic E-state index is -0.146. The van der Waals surface area contributed by atoms with Gasteiger partial charge in [-0.25, -0.2) is 4.98 Å². The van der Waals surface area contributed by atoms with Gasteiger partial charge in [-0.05, 0) is 0 Å². The van der Waals surface area contributed by atoms with Gasteiger partial charge in [0, 0.05) is 17.6 Å². The van der Waals surface area contributed by atoms with Crippen molar-refractivity contribution >= 4 is 11.3 Å². The van der Waals surface area contributed by atoms with Gasteiger partial charge in [0.1, 0.15) is 5.01 Å². The third-order valence-corrected chi connectivity index (χ3v) is 2.44. The van der Waals surface area contributed by atoms with E-state index in [0.29, 0.717) is 11.6 Å². The Morgan fingerprint density at radius 2 is 2.45 bits per heavy atom. The molecule has 1 atom stereocenters. The summed E-state index contributed by atoms with van der Waals surface area (Å²) < 4.78 is 0. The van der Waals surface area contributed by atoms with Crippen molar-refractivity contribution in [1.82, 2.24) is 4.98 Å². The van der Waals surface area contributed by atoms with Gasteiger partial charge in [-0.2, -0.15) is 0 Å². The molecule has 1 rings (SSSR count). The Bertz CT molecular complexity index is 225. The third kappa shape index (κ3) is 1.97. The van der Waals surface area contributed by atoms with E-state index in [1.807, 2.05) is 0 Å². The third-order valence-electron chi connectivity index (χ3n) is 1.33. The second kappa shape index (κ2) is 3.77. The fraction of sp³-hybridized carbons (Fsp3) is 0.500. The van der Waals surface area contributed by atoms with Crippen LogP contribution in [0.1, 0.15) is 15.9 Å². The molecule has 0 saturated heterocycles. The number of aliphatic hydroxyl groups is 1. The van der Waals surface area contributed by atoms with E-state index >= 15 is 0 Å². The second-order valence-corrected chi connectivity index (χ2v) is 3.30. The van der Waals surface area contributed by atoms with Gasteiger partial charge in [0.15, 0.2) is 0 Å². The van der Waals surface area contributed by atoms with E-state index < -0.39 is 0 Å². The summed E-state index contributed by atoms with van der Waals surface area (Å²) in [5, 5.41) is 9.37. The first-order chi connectivity index (χ1) is 5.27. The SMILES string of the molecule is NC[C@H](N)c1cnc(CO)s1. The number of aromatic nitrogens is 1. The summed E-state index contributed by atoms with van der Waals surface area (Å²) in [5.74, 6) is 0. The molecule has 1 heterocycles. The number of hydrogen-bond donors (Lipinski definition) is 3. The van der Waals surface area contributed by atoms with Crippen molar-refractivity contribution in [2.24, 2.45) is 11.5 Å². The normalized spacial score (nSPS) is 13.4. The number of nitrogens with zero attached hydrogens (tertiary/aromatic N) is 1. The van der Waals surface area contributed by atoms with Crippen LogP contribution in [0.3, 0.4) is 0 Å². The summed E-state index contributed by atoms with van der Waals surface area (Å²) in [6, 6.07) is -0.146. The Balaban J connectivity index is 2.71. The smallest absolute Gasteiger partial charge is 0.118 e. The van der Waals surface area contributed by atoms with Crippen LogP contribution in [0.25, 0.3) is 0 Å². The van der Waals surface area contributed by atoms with Crippen molar-refractivity contribution < 1.29 is 5.11 Å². The summed E-state index contributed by atoms with van der Waals surface area (Å²) in [4.78, 5) is 4.86. The average Bonchev–Trinajstić information content (AvgIpc) is 2.50. The second-order valence-electron chi connectivity index (χ2n) is 2.16. The largest absolute Gasteiger partial charge is 0.389 e.